The van der Waals surface area contributed by atoms with Gasteiger partial charge in [0.1, 0.15) is 0 Å². The first-order valence-electron chi connectivity index (χ1n) is 8.58. The van der Waals surface area contributed by atoms with Crippen molar-refractivity contribution in [3.05, 3.63) is 59.7 Å². The molecule has 1 amide bonds. The molecular formula is C20H21NO5. The standard InChI is InChI=1S/C20H21NO5/c1-2-6-16(14-7-4-3-5-8-14)21-19(22)12-24-20(23)15-9-10-17-18(11-15)26-13-25-17/h3-5,7-11,16H,2,6,12-13H2,1H3,(H,21,22). The predicted molar refractivity (Wildman–Crippen MR) is 95.1 cm³/mol. The predicted octanol–water partition coefficient (Wildman–Crippen LogP) is 3.23. The van der Waals surface area contributed by atoms with Crippen LogP contribution in [0.3, 0.4) is 0 Å². The van der Waals surface area contributed by atoms with Gasteiger partial charge in [0.15, 0.2) is 18.1 Å². The summed E-state index contributed by atoms with van der Waals surface area (Å²) in [5, 5.41) is 2.92. The van der Waals surface area contributed by atoms with Gasteiger partial charge in [-0.05, 0) is 30.2 Å². The summed E-state index contributed by atoms with van der Waals surface area (Å²) in [5.74, 6) is 0.173. The molecule has 136 valence electrons. The summed E-state index contributed by atoms with van der Waals surface area (Å²) >= 11 is 0. The van der Waals surface area contributed by atoms with Crippen LogP contribution in [0.1, 0.15) is 41.7 Å². The van der Waals surface area contributed by atoms with Crippen LogP contribution in [0, 0.1) is 0 Å². The number of hydrogen-bond donors (Lipinski definition) is 1. The molecule has 0 aromatic heterocycles. The van der Waals surface area contributed by atoms with Crippen LogP contribution < -0.4 is 14.8 Å². The third-order valence-electron chi connectivity index (χ3n) is 4.06. The Labute approximate surface area is 152 Å². The van der Waals surface area contributed by atoms with E-state index in [4.69, 9.17) is 14.2 Å². The van der Waals surface area contributed by atoms with Gasteiger partial charge in [-0.1, -0.05) is 43.7 Å². The molecule has 6 heteroatoms. The molecule has 1 aliphatic rings. The Balaban J connectivity index is 1.55. The van der Waals surface area contributed by atoms with E-state index in [1.165, 1.54) is 0 Å². The molecule has 0 bridgehead atoms. The van der Waals surface area contributed by atoms with Gasteiger partial charge < -0.3 is 19.5 Å². The van der Waals surface area contributed by atoms with E-state index in [-0.39, 0.29) is 25.3 Å². The summed E-state index contributed by atoms with van der Waals surface area (Å²) in [7, 11) is 0. The number of rotatable bonds is 7. The van der Waals surface area contributed by atoms with E-state index in [0.29, 0.717) is 17.1 Å². The van der Waals surface area contributed by atoms with Gasteiger partial charge in [0.2, 0.25) is 6.79 Å². The fourth-order valence-electron chi connectivity index (χ4n) is 2.77. The highest BCUT2D eigenvalue weighted by Crippen LogP contribution is 2.32. The molecular weight excluding hydrogens is 334 g/mol. The van der Waals surface area contributed by atoms with Crippen LogP contribution in [0.15, 0.2) is 48.5 Å². The zero-order valence-electron chi connectivity index (χ0n) is 14.6. The Kier molecular flexibility index (Phi) is 5.73. The smallest absolute Gasteiger partial charge is 0.338 e. The maximum Gasteiger partial charge on any atom is 0.338 e. The molecule has 0 radical (unpaired) electrons. The first-order valence-corrected chi connectivity index (χ1v) is 8.58. The average molecular weight is 355 g/mol. The summed E-state index contributed by atoms with van der Waals surface area (Å²) in [6, 6.07) is 14.4. The summed E-state index contributed by atoms with van der Waals surface area (Å²) in [4.78, 5) is 24.3. The molecule has 0 aliphatic carbocycles. The molecule has 3 rings (SSSR count). The molecule has 0 fully saturated rings. The number of amides is 1. The zero-order valence-corrected chi connectivity index (χ0v) is 14.6. The van der Waals surface area contributed by atoms with E-state index in [2.05, 4.69) is 12.2 Å². The quantitative estimate of drug-likeness (QED) is 0.772. The Hall–Kier alpha value is -3.02. The number of nitrogens with one attached hydrogen (secondary N) is 1. The van der Waals surface area contributed by atoms with Gasteiger partial charge >= 0.3 is 5.97 Å². The first-order chi connectivity index (χ1) is 12.7. The molecule has 0 saturated carbocycles. The van der Waals surface area contributed by atoms with Crippen LogP contribution in [0.2, 0.25) is 0 Å². The molecule has 2 aromatic carbocycles. The van der Waals surface area contributed by atoms with E-state index in [1.54, 1.807) is 18.2 Å². The minimum atomic E-state index is -0.579. The SMILES string of the molecule is CCCC(NC(=O)COC(=O)c1ccc2c(c1)OCO2)c1ccccc1. The van der Waals surface area contributed by atoms with Gasteiger partial charge in [-0.2, -0.15) is 0 Å². The molecule has 1 N–H and O–H groups in total. The lowest BCUT2D eigenvalue weighted by Gasteiger charge is -2.18. The van der Waals surface area contributed by atoms with Gasteiger partial charge in [-0.15, -0.1) is 0 Å². The van der Waals surface area contributed by atoms with Crippen molar-refractivity contribution >= 4 is 11.9 Å². The van der Waals surface area contributed by atoms with Crippen molar-refractivity contribution in [3.8, 4) is 11.5 Å². The number of hydrogen-bond acceptors (Lipinski definition) is 5. The summed E-state index contributed by atoms with van der Waals surface area (Å²) in [6.07, 6.45) is 1.74. The Morgan fingerprint density at radius 2 is 1.88 bits per heavy atom. The minimum Gasteiger partial charge on any atom is -0.454 e. The van der Waals surface area contributed by atoms with E-state index in [9.17, 15) is 9.59 Å². The van der Waals surface area contributed by atoms with E-state index in [1.807, 2.05) is 30.3 Å². The number of carbonyl (C=O) groups is 2. The minimum absolute atomic E-state index is 0.0991. The van der Waals surface area contributed by atoms with Crippen molar-refractivity contribution < 1.29 is 23.8 Å². The number of benzene rings is 2. The van der Waals surface area contributed by atoms with Crippen LogP contribution in [0.5, 0.6) is 11.5 Å². The van der Waals surface area contributed by atoms with Gasteiger partial charge in [0, 0.05) is 0 Å². The molecule has 0 spiro atoms. The van der Waals surface area contributed by atoms with Crippen LogP contribution in [0.4, 0.5) is 0 Å². The highest BCUT2D eigenvalue weighted by Gasteiger charge is 2.19. The van der Waals surface area contributed by atoms with E-state index >= 15 is 0 Å². The number of esters is 1. The monoisotopic (exact) mass is 355 g/mol. The van der Waals surface area contributed by atoms with Crippen LogP contribution in [0.25, 0.3) is 0 Å². The second-order valence-corrected chi connectivity index (χ2v) is 5.96. The van der Waals surface area contributed by atoms with Crippen molar-refractivity contribution in [2.75, 3.05) is 13.4 Å². The number of ether oxygens (including phenoxy) is 3. The maximum atomic E-state index is 12.2. The topological polar surface area (TPSA) is 73.9 Å². The van der Waals surface area contributed by atoms with Crippen molar-refractivity contribution in [2.45, 2.75) is 25.8 Å². The molecule has 2 aromatic rings. The van der Waals surface area contributed by atoms with E-state index in [0.717, 1.165) is 18.4 Å². The van der Waals surface area contributed by atoms with Gasteiger partial charge in [-0.3, -0.25) is 4.79 Å². The third-order valence-corrected chi connectivity index (χ3v) is 4.06. The summed E-state index contributed by atoms with van der Waals surface area (Å²) in [6.45, 7) is 1.86. The summed E-state index contributed by atoms with van der Waals surface area (Å²) in [5.41, 5.74) is 1.35. The van der Waals surface area contributed by atoms with Crippen molar-refractivity contribution in [3.63, 3.8) is 0 Å². The average Bonchev–Trinajstić information content (AvgIpc) is 3.14. The Morgan fingerprint density at radius 3 is 2.65 bits per heavy atom. The van der Waals surface area contributed by atoms with Crippen molar-refractivity contribution in [1.29, 1.82) is 0 Å². The van der Waals surface area contributed by atoms with Gasteiger partial charge in [-0.25, -0.2) is 4.79 Å². The fraction of sp³-hybridized carbons (Fsp3) is 0.300. The lowest BCUT2D eigenvalue weighted by molar-refractivity contribution is -0.125. The molecule has 0 saturated heterocycles. The largest absolute Gasteiger partial charge is 0.454 e. The van der Waals surface area contributed by atoms with Gasteiger partial charge in [0.25, 0.3) is 5.91 Å². The summed E-state index contributed by atoms with van der Waals surface area (Å²) < 4.78 is 15.6. The normalized spacial score (nSPS) is 13.1. The second-order valence-electron chi connectivity index (χ2n) is 5.96. The highest BCUT2D eigenvalue weighted by atomic mass is 16.7. The first kappa shape index (κ1) is 17.8. The van der Waals surface area contributed by atoms with Crippen LogP contribution in [-0.2, 0) is 9.53 Å². The lowest BCUT2D eigenvalue weighted by atomic mass is 10.0. The molecule has 6 nitrogen and oxygen atoms in total. The van der Waals surface area contributed by atoms with Crippen molar-refractivity contribution in [1.82, 2.24) is 5.32 Å². The number of carbonyl (C=O) groups excluding carboxylic acids is 2. The lowest BCUT2D eigenvalue weighted by Crippen LogP contribution is -2.32. The van der Waals surface area contributed by atoms with Crippen LogP contribution >= 0.6 is 0 Å². The van der Waals surface area contributed by atoms with E-state index < -0.39 is 5.97 Å². The third kappa shape index (κ3) is 4.33. The highest BCUT2D eigenvalue weighted by molar-refractivity contribution is 5.92. The molecule has 1 aliphatic heterocycles. The maximum absolute atomic E-state index is 12.2. The fourth-order valence-corrected chi connectivity index (χ4v) is 2.77. The number of fused-ring (bicyclic) bond motifs is 1. The Morgan fingerprint density at radius 1 is 1.12 bits per heavy atom. The zero-order chi connectivity index (χ0) is 18.4. The molecule has 26 heavy (non-hydrogen) atoms. The second kappa shape index (κ2) is 8.38. The Bertz CT molecular complexity index is 775. The molecule has 1 atom stereocenters. The van der Waals surface area contributed by atoms with Crippen molar-refractivity contribution in [2.24, 2.45) is 0 Å². The van der Waals surface area contributed by atoms with Crippen LogP contribution in [-0.4, -0.2) is 25.3 Å². The molecule has 1 unspecified atom stereocenters. The molecule has 1 heterocycles. The van der Waals surface area contributed by atoms with Gasteiger partial charge in [0.05, 0.1) is 11.6 Å².